The summed E-state index contributed by atoms with van der Waals surface area (Å²) in [4.78, 5) is 0. The Labute approximate surface area is 108 Å². The molecule has 0 aliphatic carbocycles. The second-order valence-electron chi connectivity index (χ2n) is 4.93. The number of aromatic hydroxyl groups is 2. The third-order valence-corrected chi connectivity index (χ3v) is 2.93. The Morgan fingerprint density at radius 1 is 0.889 bits per heavy atom. The molecule has 0 saturated carbocycles. The van der Waals surface area contributed by atoms with E-state index in [9.17, 15) is 10.2 Å². The highest BCUT2D eigenvalue weighted by atomic mass is 16.3. The smallest absolute Gasteiger partial charge is 0.123 e. The molecule has 0 heterocycles. The molecule has 94 valence electrons. The molecule has 0 spiro atoms. The average Bonchev–Trinajstić information content (AvgIpc) is 2.30. The summed E-state index contributed by atoms with van der Waals surface area (Å²) in [6.07, 6.45) is 0.873. The molecule has 2 nitrogen and oxygen atoms in total. The quantitative estimate of drug-likeness (QED) is 0.855. The number of hydrogen-bond donors (Lipinski definition) is 2. The topological polar surface area (TPSA) is 40.5 Å². The second kappa shape index (κ2) is 5.13. The first kappa shape index (κ1) is 12.5. The van der Waals surface area contributed by atoms with E-state index in [1.165, 1.54) is 0 Å². The third kappa shape index (κ3) is 2.48. The van der Waals surface area contributed by atoms with E-state index in [1.807, 2.05) is 24.3 Å². The fourth-order valence-electron chi connectivity index (χ4n) is 2.19. The van der Waals surface area contributed by atoms with Crippen LogP contribution in [-0.4, -0.2) is 10.2 Å². The molecule has 2 N–H and O–H groups in total. The molecule has 2 heteroatoms. The largest absolute Gasteiger partial charge is 0.507 e. The molecule has 0 atom stereocenters. The molecule has 2 aromatic carbocycles. The van der Waals surface area contributed by atoms with Crippen molar-refractivity contribution in [3.63, 3.8) is 0 Å². The summed E-state index contributed by atoms with van der Waals surface area (Å²) in [6, 6.07) is 12.6. The molecule has 0 aliphatic rings. The minimum Gasteiger partial charge on any atom is -0.507 e. The van der Waals surface area contributed by atoms with Crippen LogP contribution >= 0.6 is 0 Å². The second-order valence-corrected chi connectivity index (χ2v) is 4.93. The maximum absolute atomic E-state index is 10.1. The lowest BCUT2D eigenvalue weighted by atomic mass is 9.92. The summed E-state index contributed by atoms with van der Waals surface area (Å²) >= 11 is 0. The van der Waals surface area contributed by atoms with Crippen molar-refractivity contribution in [2.24, 2.45) is 5.92 Å². The molecule has 0 aromatic heterocycles. The van der Waals surface area contributed by atoms with Gasteiger partial charge in [0.15, 0.2) is 0 Å². The summed E-state index contributed by atoms with van der Waals surface area (Å²) in [5.41, 5.74) is 2.49. The van der Waals surface area contributed by atoms with Gasteiger partial charge in [0.2, 0.25) is 0 Å². The van der Waals surface area contributed by atoms with Crippen molar-refractivity contribution in [3.05, 3.63) is 48.0 Å². The average molecular weight is 242 g/mol. The van der Waals surface area contributed by atoms with E-state index in [0.717, 1.165) is 17.5 Å². The van der Waals surface area contributed by atoms with Crippen molar-refractivity contribution >= 4 is 0 Å². The lowest BCUT2D eigenvalue weighted by Crippen LogP contribution is -1.97. The zero-order valence-corrected chi connectivity index (χ0v) is 10.7. The molecular formula is C16H18O2. The van der Waals surface area contributed by atoms with Gasteiger partial charge in [-0.15, -0.1) is 0 Å². The van der Waals surface area contributed by atoms with Crippen molar-refractivity contribution in [3.8, 4) is 22.6 Å². The monoisotopic (exact) mass is 242 g/mol. The van der Waals surface area contributed by atoms with E-state index < -0.39 is 0 Å². The SMILES string of the molecule is CC(C)Cc1cccc(O)c1-c1ccccc1O. The van der Waals surface area contributed by atoms with E-state index in [2.05, 4.69) is 13.8 Å². The molecule has 0 aliphatic heterocycles. The van der Waals surface area contributed by atoms with Gasteiger partial charge < -0.3 is 10.2 Å². The summed E-state index contributed by atoms with van der Waals surface area (Å²) in [5, 5.41) is 20.0. The number of para-hydroxylation sites is 1. The van der Waals surface area contributed by atoms with Crippen molar-refractivity contribution in [1.82, 2.24) is 0 Å². The zero-order valence-electron chi connectivity index (χ0n) is 10.7. The van der Waals surface area contributed by atoms with Gasteiger partial charge in [-0.1, -0.05) is 44.2 Å². The molecule has 2 rings (SSSR count). The minimum atomic E-state index is 0.198. The van der Waals surface area contributed by atoms with Gasteiger partial charge in [-0.25, -0.2) is 0 Å². The third-order valence-electron chi connectivity index (χ3n) is 2.93. The Bertz CT molecular complexity index is 545. The summed E-state index contributed by atoms with van der Waals surface area (Å²) < 4.78 is 0. The molecule has 18 heavy (non-hydrogen) atoms. The van der Waals surface area contributed by atoms with Crippen LogP contribution < -0.4 is 0 Å². The van der Waals surface area contributed by atoms with Gasteiger partial charge in [0, 0.05) is 11.1 Å². The zero-order chi connectivity index (χ0) is 13.1. The van der Waals surface area contributed by atoms with Crippen LogP contribution in [0.3, 0.4) is 0 Å². The van der Waals surface area contributed by atoms with Crippen LogP contribution in [-0.2, 0) is 6.42 Å². The van der Waals surface area contributed by atoms with E-state index in [-0.39, 0.29) is 11.5 Å². The van der Waals surface area contributed by atoms with Crippen LogP contribution in [0, 0.1) is 5.92 Å². The number of rotatable bonds is 3. The number of hydrogen-bond acceptors (Lipinski definition) is 2. The lowest BCUT2D eigenvalue weighted by molar-refractivity contribution is 0.468. The standard InChI is InChI=1S/C16H18O2/c1-11(2)10-12-6-5-9-15(18)16(12)13-7-3-4-8-14(13)17/h3-9,11,17-18H,10H2,1-2H3. The fourth-order valence-corrected chi connectivity index (χ4v) is 2.19. The van der Waals surface area contributed by atoms with Gasteiger partial charge in [-0.2, -0.15) is 0 Å². The first-order valence-electron chi connectivity index (χ1n) is 6.19. The number of phenolic OH excluding ortho intramolecular Hbond substituents is 2. The van der Waals surface area contributed by atoms with Gasteiger partial charge in [-0.3, -0.25) is 0 Å². The maximum Gasteiger partial charge on any atom is 0.123 e. The first-order chi connectivity index (χ1) is 8.59. The van der Waals surface area contributed by atoms with Crippen LogP contribution in [0.2, 0.25) is 0 Å². The number of benzene rings is 2. The maximum atomic E-state index is 10.1. The van der Waals surface area contributed by atoms with Crippen molar-refractivity contribution in [2.75, 3.05) is 0 Å². The van der Waals surface area contributed by atoms with E-state index >= 15 is 0 Å². The summed E-state index contributed by atoms with van der Waals surface area (Å²) in [5.74, 6) is 0.912. The van der Waals surface area contributed by atoms with Crippen LogP contribution in [0.15, 0.2) is 42.5 Å². The van der Waals surface area contributed by atoms with Gasteiger partial charge in [0.05, 0.1) is 0 Å². The van der Waals surface area contributed by atoms with Gasteiger partial charge in [0.25, 0.3) is 0 Å². The first-order valence-corrected chi connectivity index (χ1v) is 6.19. The Hall–Kier alpha value is -1.96. The predicted molar refractivity (Wildman–Crippen MR) is 73.7 cm³/mol. The van der Waals surface area contributed by atoms with Gasteiger partial charge >= 0.3 is 0 Å². The van der Waals surface area contributed by atoms with Crippen LogP contribution in [0.5, 0.6) is 11.5 Å². The molecule has 0 amide bonds. The molecule has 0 saturated heterocycles. The molecule has 0 unspecified atom stereocenters. The lowest BCUT2D eigenvalue weighted by Gasteiger charge is -2.14. The molecule has 0 fully saturated rings. The van der Waals surface area contributed by atoms with Gasteiger partial charge in [0.1, 0.15) is 11.5 Å². The molecule has 2 aromatic rings. The highest BCUT2D eigenvalue weighted by Gasteiger charge is 2.14. The van der Waals surface area contributed by atoms with E-state index in [1.54, 1.807) is 18.2 Å². The van der Waals surface area contributed by atoms with Gasteiger partial charge in [-0.05, 0) is 30.0 Å². The Balaban J connectivity index is 2.59. The van der Waals surface area contributed by atoms with Crippen molar-refractivity contribution in [1.29, 1.82) is 0 Å². The summed E-state index contributed by atoms with van der Waals surface area (Å²) in [7, 11) is 0. The Morgan fingerprint density at radius 3 is 2.22 bits per heavy atom. The fraction of sp³-hybridized carbons (Fsp3) is 0.250. The highest BCUT2D eigenvalue weighted by molar-refractivity contribution is 5.78. The Kier molecular flexibility index (Phi) is 3.56. The molecular weight excluding hydrogens is 224 g/mol. The van der Waals surface area contributed by atoms with E-state index in [4.69, 9.17) is 0 Å². The van der Waals surface area contributed by atoms with Crippen LogP contribution in [0.1, 0.15) is 19.4 Å². The normalized spacial score (nSPS) is 10.8. The molecule has 0 radical (unpaired) electrons. The Morgan fingerprint density at radius 2 is 1.56 bits per heavy atom. The minimum absolute atomic E-state index is 0.198. The van der Waals surface area contributed by atoms with Crippen molar-refractivity contribution < 1.29 is 10.2 Å². The van der Waals surface area contributed by atoms with Crippen LogP contribution in [0.25, 0.3) is 11.1 Å². The highest BCUT2D eigenvalue weighted by Crippen LogP contribution is 2.38. The summed E-state index contributed by atoms with van der Waals surface area (Å²) in [6.45, 7) is 4.28. The van der Waals surface area contributed by atoms with E-state index in [0.29, 0.717) is 11.5 Å². The molecule has 0 bridgehead atoms. The van der Waals surface area contributed by atoms with Crippen LogP contribution in [0.4, 0.5) is 0 Å². The predicted octanol–water partition coefficient (Wildman–Crippen LogP) is 3.96. The number of phenols is 2. The van der Waals surface area contributed by atoms with Crippen molar-refractivity contribution in [2.45, 2.75) is 20.3 Å².